The van der Waals surface area contributed by atoms with Gasteiger partial charge < -0.3 is 15.0 Å². The Labute approximate surface area is 148 Å². The average Bonchev–Trinajstić information content (AvgIpc) is 3.16. The van der Waals surface area contributed by atoms with Gasteiger partial charge in [0.05, 0.1) is 17.2 Å². The molecule has 0 aliphatic carbocycles. The van der Waals surface area contributed by atoms with Crippen LogP contribution in [0, 0.1) is 10.1 Å². The zero-order valence-corrected chi connectivity index (χ0v) is 14.0. The van der Waals surface area contributed by atoms with Crippen LogP contribution >= 0.6 is 0 Å². The molecule has 1 N–H and O–H groups in total. The molecule has 0 spiro atoms. The minimum Gasteiger partial charge on any atom is -0.482 e. The Morgan fingerprint density at radius 3 is 2.69 bits per heavy atom. The van der Waals surface area contributed by atoms with Gasteiger partial charge in [0.2, 0.25) is 11.8 Å². The van der Waals surface area contributed by atoms with Crippen LogP contribution in [0.4, 0.5) is 11.4 Å². The number of amides is 3. The largest absolute Gasteiger partial charge is 0.482 e. The zero-order valence-electron chi connectivity index (χ0n) is 14.0. The summed E-state index contributed by atoms with van der Waals surface area (Å²) in [6.45, 7) is 0.634. The van der Waals surface area contributed by atoms with E-state index in [-0.39, 0.29) is 42.7 Å². The first-order valence-electron chi connectivity index (χ1n) is 8.22. The Hall–Kier alpha value is -3.17. The lowest BCUT2D eigenvalue weighted by atomic mass is 10.2. The van der Waals surface area contributed by atoms with Crippen molar-refractivity contribution in [2.75, 3.05) is 37.7 Å². The van der Waals surface area contributed by atoms with E-state index in [2.05, 4.69) is 5.32 Å². The molecule has 0 unspecified atom stereocenters. The Kier molecular flexibility index (Phi) is 5.01. The molecule has 1 aromatic rings. The fraction of sp³-hybridized carbons (Fsp3) is 0.438. The highest BCUT2D eigenvalue weighted by Crippen LogP contribution is 2.35. The number of carbonyl (C=O) groups is 3. The first-order valence-corrected chi connectivity index (χ1v) is 8.22. The lowest BCUT2D eigenvalue weighted by Gasteiger charge is -2.28. The van der Waals surface area contributed by atoms with E-state index >= 15 is 0 Å². The number of fused-ring (bicyclic) bond motifs is 1. The van der Waals surface area contributed by atoms with Gasteiger partial charge in [0, 0.05) is 25.2 Å². The monoisotopic (exact) mass is 362 g/mol. The summed E-state index contributed by atoms with van der Waals surface area (Å²) >= 11 is 0. The predicted octanol–water partition coefficient (Wildman–Crippen LogP) is 0.0588. The molecule has 0 saturated carbocycles. The van der Waals surface area contributed by atoms with Crippen molar-refractivity contribution in [1.82, 2.24) is 10.2 Å². The number of hydrogen-bond acceptors (Lipinski definition) is 6. The normalized spacial score (nSPS) is 16.1. The number of rotatable bonds is 5. The Morgan fingerprint density at radius 2 is 2.00 bits per heavy atom. The van der Waals surface area contributed by atoms with Crippen molar-refractivity contribution in [2.24, 2.45) is 0 Å². The van der Waals surface area contributed by atoms with Gasteiger partial charge in [-0.2, -0.15) is 0 Å². The number of hydrogen-bond donors (Lipinski definition) is 1. The summed E-state index contributed by atoms with van der Waals surface area (Å²) in [5, 5.41) is 13.4. The van der Waals surface area contributed by atoms with Crippen molar-refractivity contribution < 1.29 is 24.0 Å². The Balaban J connectivity index is 1.66. The van der Waals surface area contributed by atoms with Gasteiger partial charge in [-0.05, 0) is 18.9 Å². The number of carbonyl (C=O) groups excluding carboxylic acids is 3. The highest BCUT2D eigenvalue weighted by molar-refractivity contribution is 6.02. The molecule has 1 fully saturated rings. The van der Waals surface area contributed by atoms with Crippen LogP contribution in [-0.4, -0.2) is 60.3 Å². The van der Waals surface area contributed by atoms with E-state index in [0.29, 0.717) is 13.1 Å². The topological polar surface area (TPSA) is 122 Å². The van der Waals surface area contributed by atoms with E-state index in [0.717, 1.165) is 17.7 Å². The molecular weight excluding hydrogens is 344 g/mol. The zero-order chi connectivity index (χ0) is 18.7. The minimum atomic E-state index is -0.591. The molecule has 10 nitrogen and oxygen atoms in total. The smallest absolute Gasteiger partial charge is 0.271 e. The molecule has 2 aliphatic heterocycles. The number of likely N-dealkylation sites (tertiary alicyclic amines) is 1. The van der Waals surface area contributed by atoms with Gasteiger partial charge in [-0.3, -0.25) is 29.4 Å². The number of nitrogens with one attached hydrogen (secondary N) is 1. The Morgan fingerprint density at radius 1 is 1.27 bits per heavy atom. The van der Waals surface area contributed by atoms with Crippen molar-refractivity contribution >= 4 is 29.1 Å². The van der Waals surface area contributed by atoms with Crippen LogP contribution in [0.2, 0.25) is 0 Å². The molecule has 0 radical (unpaired) electrons. The van der Waals surface area contributed by atoms with Crippen molar-refractivity contribution in [3.8, 4) is 5.75 Å². The number of nitro benzene ring substituents is 1. The summed E-state index contributed by atoms with van der Waals surface area (Å²) < 4.78 is 5.24. The third-order valence-corrected chi connectivity index (χ3v) is 4.29. The molecule has 0 aromatic heterocycles. The molecule has 1 saturated heterocycles. The first kappa shape index (κ1) is 17.6. The van der Waals surface area contributed by atoms with Crippen molar-refractivity contribution in [3.63, 3.8) is 0 Å². The maximum absolute atomic E-state index is 12.2. The predicted molar refractivity (Wildman–Crippen MR) is 89.8 cm³/mol. The maximum Gasteiger partial charge on any atom is 0.271 e. The van der Waals surface area contributed by atoms with Gasteiger partial charge in [0.25, 0.3) is 11.6 Å². The number of nitro groups is 1. The first-order chi connectivity index (χ1) is 12.5. The lowest BCUT2D eigenvalue weighted by molar-refractivity contribution is -0.384. The summed E-state index contributed by atoms with van der Waals surface area (Å²) in [6, 6.07) is 3.85. The fourth-order valence-corrected chi connectivity index (χ4v) is 2.93. The van der Waals surface area contributed by atoms with E-state index in [4.69, 9.17) is 4.74 Å². The van der Waals surface area contributed by atoms with Gasteiger partial charge >= 0.3 is 0 Å². The molecular formula is C16H18N4O6. The van der Waals surface area contributed by atoms with E-state index in [1.54, 1.807) is 4.90 Å². The highest BCUT2D eigenvalue weighted by atomic mass is 16.6. The van der Waals surface area contributed by atoms with Crippen molar-refractivity contribution in [1.29, 1.82) is 0 Å². The molecule has 1 aromatic carbocycles. The van der Waals surface area contributed by atoms with Crippen LogP contribution < -0.4 is 15.0 Å². The number of anilines is 1. The molecule has 10 heteroatoms. The van der Waals surface area contributed by atoms with Gasteiger partial charge in [-0.15, -0.1) is 0 Å². The third kappa shape index (κ3) is 3.73. The number of nitrogens with zero attached hydrogens (tertiary/aromatic N) is 3. The molecule has 0 atom stereocenters. The van der Waals surface area contributed by atoms with Crippen LogP contribution in [-0.2, 0) is 14.4 Å². The van der Waals surface area contributed by atoms with E-state index in [1.807, 2.05) is 0 Å². The third-order valence-electron chi connectivity index (χ3n) is 4.29. The van der Waals surface area contributed by atoms with Crippen LogP contribution in [0.25, 0.3) is 0 Å². The summed E-state index contributed by atoms with van der Waals surface area (Å²) in [7, 11) is 0. The van der Waals surface area contributed by atoms with Gasteiger partial charge in [0.15, 0.2) is 6.61 Å². The van der Waals surface area contributed by atoms with Gasteiger partial charge in [-0.25, -0.2) is 0 Å². The van der Waals surface area contributed by atoms with Crippen LogP contribution in [0.15, 0.2) is 18.2 Å². The average molecular weight is 362 g/mol. The number of non-ortho nitro benzene ring substituents is 1. The van der Waals surface area contributed by atoms with Crippen LogP contribution in [0.3, 0.4) is 0 Å². The SMILES string of the molecule is O=C(CN1C(=O)COc2ccc([N+](=O)[O-])cc21)NCC(=O)N1CCCC1. The molecule has 138 valence electrons. The highest BCUT2D eigenvalue weighted by Gasteiger charge is 2.29. The van der Waals surface area contributed by atoms with Gasteiger partial charge in [0.1, 0.15) is 12.3 Å². The second-order valence-electron chi connectivity index (χ2n) is 6.04. The second kappa shape index (κ2) is 7.38. The number of ether oxygens (including phenoxy) is 1. The lowest BCUT2D eigenvalue weighted by Crippen LogP contribution is -2.47. The standard InChI is InChI=1S/C16H18N4O6/c21-14(17-8-15(22)18-5-1-2-6-18)9-19-12-7-11(20(24)25)3-4-13(12)26-10-16(19)23/h3-4,7H,1-2,5-6,8-10H2,(H,17,21). The molecule has 2 heterocycles. The fourth-order valence-electron chi connectivity index (χ4n) is 2.93. The molecule has 3 amide bonds. The van der Waals surface area contributed by atoms with E-state index < -0.39 is 16.7 Å². The van der Waals surface area contributed by atoms with Crippen molar-refractivity contribution in [2.45, 2.75) is 12.8 Å². The second-order valence-corrected chi connectivity index (χ2v) is 6.04. The van der Waals surface area contributed by atoms with E-state index in [1.165, 1.54) is 18.2 Å². The molecule has 0 bridgehead atoms. The molecule has 2 aliphatic rings. The maximum atomic E-state index is 12.2. The van der Waals surface area contributed by atoms with E-state index in [9.17, 15) is 24.5 Å². The van der Waals surface area contributed by atoms with Crippen LogP contribution in [0.5, 0.6) is 5.75 Å². The summed E-state index contributed by atoms with van der Waals surface area (Å²) in [6.07, 6.45) is 1.91. The van der Waals surface area contributed by atoms with Gasteiger partial charge in [-0.1, -0.05) is 0 Å². The summed E-state index contributed by atoms with van der Waals surface area (Å²) in [5.74, 6) is -0.888. The summed E-state index contributed by atoms with van der Waals surface area (Å²) in [5.41, 5.74) is -0.0480. The van der Waals surface area contributed by atoms with Crippen molar-refractivity contribution in [3.05, 3.63) is 28.3 Å². The summed E-state index contributed by atoms with van der Waals surface area (Å²) in [4.78, 5) is 49.4. The number of benzene rings is 1. The molecule has 3 rings (SSSR count). The Bertz CT molecular complexity index is 759. The quantitative estimate of drug-likeness (QED) is 0.584. The molecule has 26 heavy (non-hydrogen) atoms. The van der Waals surface area contributed by atoms with Crippen LogP contribution in [0.1, 0.15) is 12.8 Å². The minimum absolute atomic E-state index is 0.140.